The van der Waals surface area contributed by atoms with Gasteiger partial charge in [-0.05, 0) is 56.1 Å². The Bertz CT molecular complexity index is 795. The van der Waals surface area contributed by atoms with Crippen molar-refractivity contribution in [3.05, 3.63) is 57.5 Å². The molecule has 0 fully saturated rings. The van der Waals surface area contributed by atoms with Crippen LogP contribution in [0.4, 0.5) is 0 Å². The van der Waals surface area contributed by atoms with Crippen molar-refractivity contribution < 1.29 is 45.4 Å². The summed E-state index contributed by atoms with van der Waals surface area (Å²) in [6, 6.07) is 11.8. The first kappa shape index (κ1) is 22.8. The summed E-state index contributed by atoms with van der Waals surface area (Å²) in [5.41, 5.74) is 0. The standard InChI is InChI=1S/2C6H5BrO3S.Zn/c2*7-5-3-1-2-4-6(5)11(8,9)10;/h2*1-4H,(H,8,9,10);/q;;+2/p-2. The molecule has 0 spiro atoms. The number of hydrogen-bond acceptors (Lipinski definition) is 6. The minimum atomic E-state index is -4.33. The summed E-state index contributed by atoms with van der Waals surface area (Å²) in [5, 5.41) is 0. The molecule has 0 atom stereocenters. The molecule has 2 aromatic carbocycles. The summed E-state index contributed by atoms with van der Waals surface area (Å²) < 4.78 is 63.4. The van der Waals surface area contributed by atoms with Crippen LogP contribution in [0.1, 0.15) is 0 Å². The SMILES string of the molecule is O=S(=O)([O-])c1ccccc1Br.O=S(=O)([O-])c1ccccc1Br.[Zn+2]. The molecule has 0 aliphatic carbocycles. The monoisotopic (exact) mass is 534 g/mol. The van der Waals surface area contributed by atoms with E-state index in [0.29, 0.717) is 8.95 Å². The van der Waals surface area contributed by atoms with Crippen LogP contribution in [0.3, 0.4) is 0 Å². The Kier molecular flexibility index (Phi) is 9.30. The number of halogens is 2. The van der Waals surface area contributed by atoms with Gasteiger partial charge in [0.15, 0.2) is 0 Å². The van der Waals surface area contributed by atoms with Crippen molar-refractivity contribution in [2.45, 2.75) is 9.79 Å². The molecule has 11 heteroatoms. The molecule has 0 saturated carbocycles. The molecule has 0 aromatic heterocycles. The Morgan fingerprint density at radius 2 is 0.913 bits per heavy atom. The van der Waals surface area contributed by atoms with E-state index in [1.54, 1.807) is 12.1 Å². The second-order valence-corrected chi connectivity index (χ2v) is 8.17. The Balaban J connectivity index is 0.000000403. The van der Waals surface area contributed by atoms with Crippen LogP contribution in [0.2, 0.25) is 0 Å². The molecule has 0 amide bonds. The maximum absolute atomic E-state index is 10.5. The molecule has 2 aromatic rings. The molecule has 0 N–H and O–H groups in total. The summed E-state index contributed by atoms with van der Waals surface area (Å²) >= 11 is 5.91. The molecular formula is C12H8Br2O6S2Zn. The number of rotatable bonds is 2. The predicted octanol–water partition coefficient (Wildman–Crippen LogP) is 2.70. The van der Waals surface area contributed by atoms with Crippen LogP contribution in [-0.4, -0.2) is 25.9 Å². The van der Waals surface area contributed by atoms with Crippen LogP contribution in [0.25, 0.3) is 0 Å². The molecule has 0 bridgehead atoms. The van der Waals surface area contributed by atoms with Crippen molar-refractivity contribution in [1.82, 2.24) is 0 Å². The smallest absolute Gasteiger partial charge is 0.744 e. The Morgan fingerprint density at radius 1 is 0.652 bits per heavy atom. The zero-order valence-corrected chi connectivity index (χ0v) is 19.1. The van der Waals surface area contributed by atoms with Crippen LogP contribution in [0.5, 0.6) is 0 Å². The van der Waals surface area contributed by atoms with Gasteiger partial charge in [-0.1, -0.05) is 24.3 Å². The van der Waals surface area contributed by atoms with Crippen molar-refractivity contribution in [1.29, 1.82) is 0 Å². The zero-order chi connectivity index (χ0) is 17.0. The summed E-state index contributed by atoms with van der Waals surface area (Å²) in [5.74, 6) is 0. The predicted molar refractivity (Wildman–Crippen MR) is 84.2 cm³/mol. The summed E-state index contributed by atoms with van der Waals surface area (Å²) in [4.78, 5) is -0.444. The first-order valence-corrected chi connectivity index (χ1v) is 9.84. The zero-order valence-electron chi connectivity index (χ0n) is 11.3. The van der Waals surface area contributed by atoms with Gasteiger partial charge in [0, 0.05) is 8.95 Å². The Labute approximate surface area is 163 Å². The second-order valence-electron chi connectivity index (χ2n) is 3.77. The summed E-state index contributed by atoms with van der Waals surface area (Å²) in [6.45, 7) is 0. The van der Waals surface area contributed by atoms with E-state index in [1.165, 1.54) is 36.4 Å². The molecule has 6 nitrogen and oxygen atoms in total. The third-order valence-corrected chi connectivity index (χ3v) is 5.91. The molecule has 0 radical (unpaired) electrons. The van der Waals surface area contributed by atoms with E-state index in [-0.39, 0.29) is 29.3 Å². The van der Waals surface area contributed by atoms with E-state index in [4.69, 9.17) is 0 Å². The topological polar surface area (TPSA) is 114 Å². The molecule has 0 aliphatic rings. The second kappa shape index (κ2) is 9.36. The van der Waals surface area contributed by atoms with Crippen LogP contribution in [0.15, 0.2) is 67.3 Å². The van der Waals surface area contributed by atoms with Crippen LogP contribution in [0, 0.1) is 0 Å². The van der Waals surface area contributed by atoms with Crippen LogP contribution < -0.4 is 0 Å². The van der Waals surface area contributed by atoms with Crippen molar-refractivity contribution in [3.63, 3.8) is 0 Å². The number of benzene rings is 2. The fourth-order valence-corrected chi connectivity index (χ4v) is 4.16. The summed E-state index contributed by atoms with van der Waals surface area (Å²) in [6.07, 6.45) is 0. The molecule has 120 valence electrons. The fraction of sp³-hybridized carbons (Fsp3) is 0. The molecular weight excluding hydrogens is 529 g/mol. The first-order valence-electron chi connectivity index (χ1n) is 5.44. The van der Waals surface area contributed by atoms with Crippen LogP contribution >= 0.6 is 31.9 Å². The maximum Gasteiger partial charge on any atom is 2.00 e. The van der Waals surface area contributed by atoms with Crippen molar-refractivity contribution in [2.24, 2.45) is 0 Å². The average Bonchev–Trinajstić information content (AvgIpc) is 2.37. The minimum absolute atomic E-state index is 0. The van der Waals surface area contributed by atoms with E-state index in [2.05, 4.69) is 31.9 Å². The normalized spacial score (nSPS) is 11.0. The van der Waals surface area contributed by atoms with Gasteiger partial charge in [0.2, 0.25) is 0 Å². The van der Waals surface area contributed by atoms with E-state index in [0.717, 1.165) is 0 Å². The minimum Gasteiger partial charge on any atom is -0.744 e. The van der Waals surface area contributed by atoms with E-state index in [1.807, 2.05) is 0 Å². The van der Waals surface area contributed by atoms with Gasteiger partial charge >= 0.3 is 19.5 Å². The maximum atomic E-state index is 10.5. The van der Waals surface area contributed by atoms with Gasteiger partial charge in [-0.25, -0.2) is 16.8 Å². The molecule has 0 saturated heterocycles. The van der Waals surface area contributed by atoms with Crippen molar-refractivity contribution in [3.8, 4) is 0 Å². The molecule has 0 heterocycles. The quantitative estimate of drug-likeness (QED) is 0.430. The van der Waals surface area contributed by atoms with E-state index < -0.39 is 20.2 Å². The Hall–Kier alpha value is -0.157. The average molecular weight is 538 g/mol. The third-order valence-electron chi connectivity index (χ3n) is 2.21. The van der Waals surface area contributed by atoms with Crippen molar-refractivity contribution in [2.75, 3.05) is 0 Å². The molecule has 2 rings (SSSR count). The van der Waals surface area contributed by atoms with E-state index >= 15 is 0 Å². The van der Waals surface area contributed by atoms with Gasteiger partial charge in [-0.3, -0.25) is 0 Å². The Morgan fingerprint density at radius 3 is 1.09 bits per heavy atom. The summed E-state index contributed by atoms with van der Waals surface area (Å²) in [7, 11) is -8.66. The van der Waals surface area contributed by atoms with Crippen LogP contribution in [-0.2, 0) is 39.7 Å². The third kappa shape index (κ3) is 7.51. The number of hydrogen-bond donors (Lipinski definition) is 0. The molecule has 0 unspecified atom stereocenters. The first-order chi connectivity index (χ1) is 10.0. The fourth-order valence-electron chi connectivity index (χ4n) is 1.29. The largest absolute Gasteiger partial charge is 2.00 e. The van der Waals surface area contributed by atoms with Gasteiger partial charge in [-0.15, -0.1) is 0 Å². The van der Waals surface area contributed by atoms with E-state index in [9.17, 15) is 25.9 Å². The van der Waals surface area contributed by atoms with Gasteiger partial charge in [0.05, 0.1) is 9.79 Å². The van der Waals surface area contributed by atoms with Gasteiger partial charge in [-0.2, -0.15) is 0 Å². The van der Waals surface area contributed by atoms with Gasteiger partial charge < -0.3 is 9.11 Å². The van der Waals surface area contributed by atoms with Gasteiger partial charge in [0.25, 0.3) is 0 Å². The molecule has 23 heavy (non-hydrogen) atoms. The van der Waals surface area contributed by atoms with Gasteiger partial charge in [0.1, 0.15) is 20.2 Å². The van der Waals surface area contributed by atoms with Crippen molar-refractivity contribution >= 4 is 52.1 Å². The molecule has 0 aliphatic heterocycles.